The Morgan fingerprint density at radius 2 is 1.86 bits per heavy atom. The molecule has 0 bridgehead atoms. The molecule has 0 saturated carbocycles. The zero-order valence-corrected chi connectivity index (χ0v) is 14.4. The number of cyclic esters (lactones) is 2. The molecular weight excluding hydrogens is 378 g/mol. The van der Waals surface area contributed by atoms with Crippen LogP contribution in [0.25, 0.3) is 0 Å². The first-order valence-electron chi connectivity index (χ1n) is 6.20. The topological polar surface area (TPSA) is 73.9 Å². The lowest BCUT2D eigenvalue weighted by Crippen LogP contribution is -2.42. The number of nitrogens with one attached hydrogen (secondary N) is 1. The molecule has 1 aromatic rings. The van der Waals surface area contributed by atoms with E-state index >= 15 is 0 Å². The first kappa shape index (κ1) is 16.6. The van der Waals surface area contributed by atoms with Crippen LogP contribution in [0.15, 0.2) is 28.4 Å². The molecule has 118 valence electrons. The second-order valence-corrected chi connectivity index (χ2v) is 6.11. The third kappa shape index (κ3) is 3.53. The number of halogens is 2. The van der Waals surface area contributed by atoms with Crippen LogP contribution < -0.4 is 10.1 Å². The maximum atomic E-state index is 11.8. The minimum Gasteiger partial charge on any atom is -0.495 e. The summed E-state index contributed by atoms with van der Waals surface area (Å²) in [4.78, 5) is 23.6. The van der Waals surface area contributed by atoms with E-state index in [0.29, 0.717) is 20.9 Å². The number of hydrogen-bond acceptors (Lipinski definition) is 6. The summed E-state index contributed by atoms with van der Waals surface area (Å²) in [7, 11) is 1.50. The average Bonchev–Trinajstić information content (AvgIpc) is 2.39. The van der Waals surface area contributed by atoms with Crippen molar-refractivity contribution < 1.29 is 23.8 Å². The molecule has 1 aliphatic heterocycles. The molecule has 0 atom stereocenters. The van der Waals surface area contributed by atoms with Crippen molar-refractivity contribution in [1.29, 1.82) is 0 Å². The molecular formula is C14H13BrClNO5. The molecule has 0 aromatic heterocycles. The van der Waals surface area contributed by atoms with E-state index in [9.17, 15) is 9.59 Å². The van der Waals surface area contributed by atoms with Gasteiger partial charge in [-0.3, -0.25) is 0 Å². The Balaban J connectivity index is 2.24. The zero-order valence-electron chi connectivity index (χ0n) is 12.0. The molecule has 1 saturated heterocycles. The van der Waals surface area contributed by atoms with Crippen LogP contribution in [-0.4, -0.2) is 24.8 Å². The highest BCUT2D eigenvalue weighted by molar-refractivity contribution is 9.10. The lowest BCUT2D eigenvalue weighted by atomic mass is 10.2. The number of carbonyl (C=O) groups excluding carboxylic acids is 2. The molecule has 1 N–H and O–H groups in total. The van der Waals surface area contributed by atoms with Gasteiger partial charge in [0.05, 0.1) is 17.8 Å². The Hall–Kier alpha value is -1.73. The third-order valence-electron chi connectivity index (χ3n) is 2.73. The summed E-state index contributed by atoms with van der Waals surface area (Å²) in [5.74, 6) is -2.30. The van der Waals surface area contributed by atoms with Crippen LogP contribution >= 0.6 is 27.5 Å². The summed E-state index contributed by atoms with van der Waals surface area (Å²) in [5.41, 5.74) is 0.307. The number of esters is 2. The van der Waals surface area contributed by atoms with Crippen molar-refractivity contribution >= 4 is 45.2 Å². The summed E-state index contributed by atoms with van der Waals surface area (Å²) < 4.78 is 15.7. The molecule has 0 aliphatic carbocycles. The lowest BCUT2D eigenvalue weighted by Gasteiger charge is -2.29. The minimum absolute atomic E-state index is 0.238. The molecule has 0 amide bonds. The summed E-state index contributed by atoms with van der Waals surface area (Å²) >= 11 is 9.36. The van der Waals surface area contributed by atoms with Gasteiger partial charge in [0, 0.05) is 24.5 Å². The van der Waals surface area contributed by atoms with E-state index < -0.39 is 17.7 Å². The van der Waals surface area contributed by atoms with Crippen molar-refractivity contribution in [1.82, 2.24) is 0 Å². The van der Waals surface area contributed by atoms with Crippen molar-refractivity contribution in [3.63, 3.8) is 0 Å². The SMILES string of the molecule is COc1cc(Br)c(NC=C2C(=O)OC(C)(C)OC2=O)cc1Cl. The van der Waals surface area contributed by atoms with E-state index in [0.717, 1.165) is 0 Å². The van der Waals surface area contributed by atoms with Crippen molar-refractivity contribution in [2.45, 2.75) is 19.6 Å². The monoisotopic (exact) mass is 389 g/mol. The maximum absolute atomic E-state index is 11.8. The summed E-state index contributed by atoms with van der Waals surface area (Å²) in [6.45, 7) is 2.96. The largest absolute Gasteiger partial charge is 0.495 e. The molecule has 22 heavy (non-hydrogen) atoms. The molecule has 1 aliphatic rings. The molecule has 0 radical (unpaired) electrons. The Morgan fingerprint density at radius 3 is 2.41 bits per heavy atom. The first-order valence-corrected chi connectivity index (χ1v) is 7.37. The number of anilines is 1. The molecule has 0 unspecified atom stereocenters. The fraction of sp³-hybridized carbons (Fsp3) is 0.286. The van der Waals surface area contributed by atoms with Gasteiger partial charge in [-0.25, -0.2) is 9.59 Å². The second-order valence-electron chi connectivity index (χ2n) is 4.85. The van der Waals surface area contributed by atoms with Crippen molar-refractivity contribution in [3.05, 3.63) is 33.4 Å². The van der Waals surface area contributed by atoms with Crippen molar-refractivity contribution in [2.24, 2.45) is 0 Å². The summed E-state index contributed by atoms with van der Waals surface area (Å²) in [5, 5.41) is 3.19. The van der Waals surface area contributed by atoms with Crippen LogP contribution in [0.2, 0.25) is 5.02 Å². The average molecular weight is 391 g/mol. The maximum Gasteiger partial charge on any atom is 0.350 e. The van der Waals surface area contributed by atoms with Gasteiger partial charge in [0.2, 0.25) is 0 Å². The predicted molar refractivity (Wildman–Crippen MR) is 83.7 cm³/mol. The van der Waals surface area contributed by atoms with E-state index in [1.165, 1.54) is 27.2 Å². The van der Waals surface area contributed by atoms with Gasteiger partial charge in [-0.05, 0) is 28.1 Å². The van der Waals surface area contributed by atoms with Gasteiger partial charge in [0.25, 0.3) is 5.79 Å². The molecule has 1 aromatic carbocycles. The van der Waals surface area contributed by atoms with Crippen LogP contribution in [0.5, 0.6) is 5.75 Å². The number of ether oxygens (including phenoxy) is 3. The molecule has 1 heterocycles. The standard InChI is InChI=1S/C14H13BrClNO5/c1-14(2)21-12(18)7(13(19)22-14)6-17-10-5-9(16)11(20-3)4-8(10)15/h4-6,17H,1-3H3. The van der Waals surface area contributed by atoms with Gasteiger partial charge in [0.1, 0.15) is 5.75 Å². The summed E-state index contributed by atoms with van der Waals surface area (Å²) in [6, 6.07) is 3.24. The normalized spacial score (nSPS) is 16.7. The van der Waals surface area contributed by atoms with Gasteiger partial charge in [-0.1, -0.05) is 11.6 Å². The Labute approximate surface area is 140 Å². The molecule has 8 heteroatoms. The highest BCUT2D eigenvalue weighted by Gasteiger charge is 2.38. The Morgan fingerprint density at radius 1 is 1.27 bits per heavy atom. The van der Waals surface area contributed by atoms with Gasteiger partial charge in [-0.2, -0.15) is 0 Å². The van der Waals surface area contributed by atoms with Crippen LogP contribution in [0.3, 0.4) is 0 Å². The van der Waals surface area contributed by atoms with Crippen LogP contribution in [0, 0.1) is 0 Å². The quantitative estimate of drug-likeness (QED) is 0.485. The number of benzene rings is 1. The lowest BCUT2D eigenvalue weighted by molar-refractivity contribution is -0.222. The molecule has 0 spiro atoms. The van der Waals surface area contributed by atoms with E-state index in [2.05, 4.69) is 21.2 Å². The van der Waals surface area contributed by atoms with Crippen LogP contribution in [0.4, 0.5) is 5.69 Å². The van der Waals surface area contributed by atoms with Gasteiger partial charge in [-0.15, -0.1) is 0 Å². The number of methoxy groups -OCH3 is 1. The fourth-order valence-corrected chi connectivity index (χ4v) is 2.40. The van der Waals surface area contributed by atoms with Gasteiger partial charge < -0.3 is 19.5 Å². The summed E-state index contributed by atoms with van der Waals surface area (Å²) in [6.07, 6.45) is 1.21. The van der Waals surface area contributed by atoms with Crippen LogP contribution in [0.1, 0.15) is 13.8 Å². The van der Waals surface area contributed by atoms with Gasteiger partial charge in [0.15, 0.2) is 5.57 Å². The fourth-order valence-electron chi connectivity index (χ4n) is 1.72. The van der Waals surface area contributed by atoms with Crippen molar-refractivity contribution in [3.8, 4) is 5.75 Å². The first-order chi connectivity index (χ1) is 10.2. The smallest absolute Gasteiger partial charge is 0.350 e. The highest BCUT2D eigenvalue weighted by Crippen LogP contribution is 2.34. The number of hydrogen-bond donors (Lipinski definition) is 1. The molecule has 1 fully saturated rings. The minimum atomic E-state index is -1.27. The molecule has 2 rings (SSSR count). The second kappa shape index (κ2) is 6.18. The van der Waals surface area contributed by atoms with E-state index in [4.69, 9.17) is 25.8 Å². The Bertz CT molecular complexity index is 649. The number of carbonyl (C=O) groups is 2. The molecule has 6 nitrogen and oxygen atoms in total. The zero-order chi connectivity index (χ0) is 16.5. The highest BCUT2D eigenvalue weighted by atomic mass is 79.9. The third-order valence-corrected chi connectivity index (χ3v) is 3.68. The predicted octanol–water partition coefficient (Wildman–Crippen LogP) is 3.24. The van der Waals surface area contributed by atoms with Crippen LogP contribution in [-0.2, 0) is 19.1 Å². The van der Waals surface area contributed by atoms with E-state index in [-0.39, 0.29) is 5.57 Å². The van der Waals surface area contributed by atoms with Crippen molar-refractivity contribution in [2.75, 3.05) is 12.4 Å². The van der Waals surface area contributed by atoms with E-state index in [1.807, 2.05) is 0 Å². The number of rotatable bonds is 3. The van der Waals surface area contributed by atoms with Gasteiger partial charge >= 0.3 is 11.9 Å². The Kier molecular flexibility index (Phi) is 4.67. The van der Waals surface area contributed by atoms with E-state index in [1.54, 1.807) is 12.1 Å².